The van der Waals surface area contributed by atoms with E-state index in [1.54, 1.807) is 18.2 Å². The van der Waals surface area contributed by atoms with Crippen LogP contribution in [-0.4, -0.2) is 28.7 Å². The van der Waals surface area contributed by atoms with Crippen molar-refractivity contribution in [2.45, 2.75) is 12.8 Å². The average Bonchev–Trinajstić information content (AvgIpc) is 3.03. The lowest BCUT2D eigenvalue weighted by Gasteiger charge is -2.18. The second-order valence-electron chi connectivity index (χ2n) is 4.99. The van der Waals surface area contributed by atoms with E-state index in [1.807, 2.05) is 0 Å². The summed E-state index contributed by atoms with van der Waals surface area (Å²) < 4.78 is 0. The van der Waals surface area contributed by atoms with Crippen molar-refractivity contribution in [3.8, 4) is 0 Å². The third-order valence-corrected chi connectivity index (χ3v) is 3.44. The lowest BCUT2D eigenvalue weighted by molar-refractivity contribution is -0.169. The van der Waals surface area contributed by atoms with E-state index in [9.17, 15) is 19.2 Å². The van der Waals surface area contributed by atoms with Crippen molar-refractivity contribution in [3.05, 3.63) is 48.6 Å². The lowest BCUT2D eigenvalue weighted by Crippen LogP contribution is -2.30. The van der Waals surface area contributed by atoms with Gasteiger partial charge in [-0.05, 0) is 12.1 Å². The SMILES string of the molecule is C=C(ON1C(=O)CCC1=O)c1cccc(N2C(=O)C=CC2=O)c1. The molecule has 23 heavy (non-hydrogen) atoms. The minimum Gasteiger partial charge on any atom is -0.369 e. The summed E-state index contributed by atoms with van der Waals surface area (Å²) in [5.41, 5.74) is 0.800. The molecule has 0 N–H and O–H groups in total. The standard InChI is InChI=1S/C16H12N2O5/c1-10(23-18-15(21)7-8-16(18)22)11-3-2-4-12(9-11)17-13(19)5-6-14(17)20/h2-6,9H,1,7-8H2. The van der Waals surface area contributed by atoms with Gasteiger partial charge in [0.2, 0.25) is 0 Å². The molecule has 1 saturated heterocycles. The molecule has 0 saturated carbocycles. The van der Waals surface area contributed by atoms with Crippen LogP contribution >= 0.6 is 0 Å². The first-order valence-electron chi connectivity index (χ1n) is 6.86. The minimum absolute atomic E-state index is 0.0718. The monoisotopic (exact) mass is 312 g/mol. The Bertz CT molecular complexity index is 746. The molecule has 116 valence electrons. The first kappa shape index (κ1) is 14.7. The fourth-order valence-corrected chi connectivity index (χ4v) is 2.29. The molecule has 0 aromatic heterocycles. The van der Waals surface area contributed by atoms with Gasteiger partial charge in [-0.1, -0.05) is 18.7 Å². The number of amides is 4. The Kier molecular flexibility index (Phi) is 3.53. The van der Waals surface area contributed by atoms with Crippen LogP contribution in [0.2, 0.25) is 0 Å². The molecule has 1 aromatic rings. The molecule has 0 atom stereocenters. The number of rotatable bonds is 4. The molecular formula is C16H12N2O5. The first-order chi connectivity index (χ1) is 11.0. The van der Waals surface area contributed by atoms with Gasteiger partial charge in [-0.25, -0.2) is 4.90 Å². The Balaban J connectivity index is 1.81. The van der Waals surface area contributed by atoms with Crippen LogP contribution in [0.25, 0.3) is 5.76 Å². The number of carbonyl (C=O) groups is 4. The molecular weight excluding hydrogens is 300 g/mol. The van der Waals surface area contributed by atoms with Crippen molar-refractivity contribution >= 4 is 35.1 Å². The van der Waals surface area contributed by atoms with E-state index >= 15 is 0 Å². The third-order valence-electron chi connectivity index (χ3n) is 3.44. The van der Waals surface area contributed by atoms with E-state index in [2.05, 4.69) is 6.58 Å². The maximum atomic E-state index is 11.7. The van der Waals surface area contributed by atoms with E-state index in [0.717, 1.165) is 4.90 Å². The molecule has 2 aliphatic rings. The van der Waals surface area contributed by atoms with Crippen molar-refractivity contribution in [1.29, 1.82) is 0 Å². The van der Waals surface area contributed by atoms with Crippen molar-refractivity contribution in [2.24, 2.45) is 0 Å². The highest BCUT2D eigenvalue weighted by Crippen LogP contribution is 2.25. The Labute approximate surface area is 131 Å². The minimum atomic E-state index is -0.441. The highest BCUT2D eigenvalue weighted by Gasteiger charge is 2.32. The Morgan fingerprint density at radius 3 is 2.22 bits per heavy atom. The Morgan fingerprint density at radius 1 is 1.00 bits per heavy atom. The summed E-state index contributed by atoms with van der Waals surface area (Å²) in [6, 6.07) is 6.36. The largest absolute Gasteiger partial charge is 0.369 e. The van der Waals surface area contributed by atoms with Crippen LogP contribution in [0.4, 0.5) is 5.69 Å². The first-order valence-corrected chi connectivity index (χ1v) is 6.86. The van der Waals surface area contributed by atoms with Gasteiger partial charge in [0.25, 0.3) is 23.6 Å². The van der Waals surface area contributed by atoms with Crippen molar-refractivity contribution in [1.82, 2.24) is 5.06 Å². The van der Waals surface area contributed by atoms with Crippen LogP contribution in [0.1, 0.15) is 18.4 Å². The number of hydrogen-bond acceptors (Lipinski definition) is 5. The van der Waals surface area contributed by atoms with Gasteiger partial charge in [0.05, 0.1) is 5.69 Å². The van der Waals surface area contributed by atoms with Crippen LogP contribution in [0.5, 0.6) is 0 Å². The molecule has 0 radical (unpaired) electrons. The quantitative estimate of drug-likeness (QED) is 0.615. The molecule has 4 amide bonds. The van der Waals surface area contributed by atoms with E-state index in [1.165, 1.54) is 18.2 Å². The zero-order valence-corrected chi connectivity index (χ0v) is 12.0. The lowest BCUT2D eigenvalue weighted by atomic mass is 10.1. The summed E-state index contributed by atoms with van der Waals surface area (Å²) in [4.78, 5) is 52.7. The van der Waals surface area contributed by atoms with Crippen molar-refractivity contribution in [2.75, 3.05) is 4.90 Å². The number of nitrogens with zero attached hydrogens (tertiary/aromatic N) is 2. The Hall–Kier alpha value is -3.22. The predicted molar refractivity (Wildman–Crippen MR) is 79.3 cm³/mol. The summed E-state index contributed by atoms with van der Waals surface area (Å²) in [6.07, 6.45) is 2.58. The fourth-order valence-electron chi connectivity index (χ4n) is 2.29. The molecule has 0 aliphatic carbocycles. The van der Waals surface area contributed by atoms with Gasteiger partial charge in [-0.15, -0.1) is 5.06 Å². The summed E-state index contributed by atoms with van der Waals surface area (Å²) in [6.45, 7) is 3.69. The van der Waals surface area contributed by atoms with Crippen LogP contribution in [0.3, 0.4) is 0 Å². The van der Waals surface area contributed by atoms with Gasteiger partial charge in [0.1, 0.15) is 0 Å². The highest BCUT2D eigenvalue weighted by atomic mass is 16.7. The van der Waals surface area contributed by atoms with Crippen molar-refractivity contribution < 1.29 is 24.0 Å². The number of anilines is 1. The van der Waals surface area contributed by atoms with E-state index in [0.29, 0.717) is 16.3 Å². The number of hydrogen-bond donors (Lipinski definition) is 0. The molecule has 1 aromatic carbocycles. The Morgan fingerprint density at radius 2 is 1.61 bits per heavy atom. The maximum absolute atomic E-state index is 11.7. The van der Waals surface area contributed by atoms with Crippen LogP contribution in [0, 0.1) is 0 Å². The van der Waals surface area contributed by atoms with Crippen LogP contribution in [-0.2, 0) is 24.0 Å². The molecule has 0 bridgehead atoms. The maximum Gasteiger partial charge on any atom is 0.263 e. The number of carbonyl (C=O) groups excluding carboxylic acids is 4. The molecule has 0 unspecified atom stereocenters. The molecule has 2 aliphatic heterocycles. The summed E-state index contributed by atoms with van der Waals surface area (Å²) in [5, 5.41) is 0.683. The third kappa shape index (κ3) is 2.64. The van der Waals surface area contributed by atoms with Gasteiger partial charge < -0.3 is 4.84 Å². The number of imide groups is 2. The van der Waals surface area contributed by atoms with Gasteiger partial charge >= 0.3 is 0 Å². The molecule has 0 spiro atoms. The summed E-state index contributed by atoms with van der Waals surface area (Å²) in [5.74, 6) is -1.67. The van der Waals surface area contributed by atoms with Gasteiger partial charge in [0, 0.05) is 30.6 Å². The second-order valence-corrected chi connectivity index (χ2v) is 4.99. The molecule has 1 fully saturated rings. The highest BCUT2D eigenvalue weighted by molar-refractivity contribution is 6.28. The molecule has 3 rings (SSSR count). The normalized spacial score (nSPS) is 17.4. The molecule has 2 heterocycles. The summed E-state index contributed by atoms with van der Waals surface area (Å²) >= 11 is 0. The van der Waals surface area contributed by atoms with Gasteiger partial charge in [-0.2, -0.15) is 0 Å². The zero-order chi connectivity index (χ0) is 16.6. The van der Waals surface area contributed by atoms with E-state index in [-0.39, 0.29) is 18.6 Å². The van der Waals surface area contributed by atoms with Crippen LogP contribution in [0.15, 0.2) is 43.0 Å². The molecule has 7 heteroatoms. The van der Waals surface area contributed by atoms with E-state index in [4.69, 9.17) is 4.84 Å². The fraction of sp³-hybridized carbons (Fsp3) is 0.125. The smallest absolute Gasteiger partial charge is 0.263 e. The predicted octanol–water partition coefficient (Wildman–Crippen LogP) is 1.17. The topological polar surface area (TPSA) is 84.0 Å². The summed E-state index contributed by atoms with van der Waals surface area (Å²) in [7, 11) is 0. The molecule has 7 nitrogen and oxygen atoms in total. The van der Waals surface area contributed by atoms with Gasteiger partial charge in [-0.3, -0.25) is 19.2 Å². The van der Waals surface area contributed by atoms with Crippen LogP contribution < -0.4 is 4.90 Å². The zero-order valence-electron chi connectivity index (χ0n) is 12.0. The average molecular weight is 312 g/mol. The second kappa shape index (κ2) is 5.53. The van der Waals surface area contributed by atoms with Crippen molar-refractivity contribution in [3.63, 3.8) is 0 Å². The van der Waals surface area contributed by atoms with E-state index < -0.39 is 23.6 Å². The van der Waals surface area contributed by atoms with Gasteiger partial charge in [0.15, 0.2) is 5.76 Å². The number of benzene rings is 1. The number of hydroxylamine groups is 2.